The molecular formula is C14H20BrNO2S. The maximum Gasteiger partial charge on any atom is 0.151 e. The summed E-state index contributed by atoms with van der Waals surface area (Å²) < 4.78 is 24.1. The molecule has 3 nitrogen and oxygen atoms in total. The van der Waals surface area contributed by atoms with E-state index in [2.05, 4.69) is 39.9 Å². The number of hydrogen-bond donors (Lipinski definition) is 0. The molecule has 1 saturated heterocycles. The predicted octanol–water partition coefficient (Wildman–Crippen LogP) is 2.67. The number of hydrogen-bond acceptors (Lipinski definition) is 3. The summed E-state index contributed by atoms with van der Waals surface area (Å²) in [4.78, 5) is 2.19. The fraction of sp³-hybridized carbons (Fsp3) is 0.571. The van der Waals surface area contributed by atoms with Crippen molar-refractivity contribution in [3.05, 3.63) is 34.3 Å². The van der Waals surface area contributed by atoms with Crippen molar-refractivity contribution in [3.63, 3.8) is 0 Å². The van der Waals surface area contributed by atoms with E-state index >= 15 is 0 Å². The van der Waals surface area contributed by atoms with Crippen LogP contribution in [0.2, 0.25) is 0 Å². The summed E-state index contributed by atoms with van der Waals surface area (Å²) in [7, 11) is -0.769. The number of benzene rings is 1. The molecular weight excluding hydrogens is 326 g/mol. The molecule has 0 unspecified atom stereocenters. The molecule has 1 heterocycles. The molecule has 5 heteroatoms. The average Bonchev–Trinajstić information content (AvgIpc) is 2.69. The standard InChI is InChI=1S/C14H20BrNO2S/c1-11(12-4-3-5-13(15)8-12)9-16(2)14-6-7-19(17,18)10-14/h3-5,8,11,14H,6-7,9-10H2,1-2H3/t11-,14+/m0/s1. The van der Waals surface area contributed by atoms with Crippen LogP contribution >= 0.6 is 15.9 Å². The minimum absolute atomic E-state index is 0.180. The number of sulfone groups is 1. The molecule has 2 rings (SSSR count). The van der Waals surface area contributed by atoms with E-state index in [4.69, 9.17) is 0 Å². The molecule has 0 bridgehead atoms. The second-order valence-corrected chi connectivity index (χ2v) is 8.60. The first-order chi connectivity index (χ1) is 8.87. The summed E-state index contributed by atoms with van der Waals surface area (Å²) in [6.45, 7) is 3.07. The van der Waals surface area contributed by atoms with Crippen molar-refractivity contribution in [2.75, 3.05) is 25.1 Å². The first kappa shape index (κ1) is 15.0. The monoisotopic (exact) mass is 345 g/mol. The van der Waals surface area contributed by atoms with Crippen LogP contribution in [0.3, 0.4) is 0 Å². The Bertz CT molecular complexity index is 544. The number of rotatable bonds is 4. The summed E-state index contributed by atoms with van der Waals surface area (Å²) in [6.07, 6.45) is 0.768. The quantitative estimate of drug-likeness (QED) is 0.841. The Morgan fingerprint density at radius 2 is 2.21 bits per heavy atom. The smallest absolute Gasteiger partial charge is 0.151 e. The van der Waals surface area contributed by atoms with Crippen molar-refractivity contribution in [2.24, 2.45) is 0 Å². The van der Waals surface area contributed by atoms with Gasteiger partial charge in [0.15, 0.2) is 9.84 Å². The zero-order valence-electron chi connectivity index (χ0n) is 11.3. The molecule has 1 aromatic carbocycles. The molecule has 0 aliphatic carbocycles. The lowest BCUT2D eigenvalue weighted by atomic mass is 10.0. The Labute approximate surface area is 124 Å². The number of likely N-dealkylation sites (N-methyl/N-ethyl adjacent to an activating group) is 1. The Kier molecular flexibility index (Phi) is 4.69. The van der Waals surface area contributed by atoms with Crippen LogP contribution in [0, 0.1) is 0 Å². The molecule has 1 aromatic rings. The van der Waals surface area contributed by atoms with Gasteiger partial charge in [0.25, 0.3) is 0 Å². The van der Waals surface area contributed by atoms with Crippen molar-refractivity contribution in [2.45, 2.75) is 25.3 Å². The first-order valence-corrected chi connectivity index (χ1v) is 9.15. The number of nitrogens with zero attached hydrogens (tertiary/aromatic N) is 1. The molecule has 0 spiro atoms. The lowest BCUT2D eigenvalue weighted by Gasteiger charge is -2.26. The van der Waals surface area contributed by atoms with Gasteiger partial charge in [-0.3, -0.25) is 0 Å². The Balaban J connectivity index is 1.97. The highest BCUT2D eigenvalue weighted by molar-refractivity contribution is 9.10. The molecule has 0 aromatic heterocycles. The topological polar surface area (TPSA) is 37.4 Å². The van der Waals surface area contributed by atoms with Crippen molar-refractivity contribution in [1.82, 2.24) is 4.90 Å². The van der Waals surface area contributed by atoms with Gasteiger partial charge in [-0.05, 0) is 37.1 Å². The average molecular weight is 346 g/mol. The van der Waals surface area contributed by atoms with E-state index in [1.807, 2.05) is 19.2 Å². The van der Waals surface area contributed by atoms with E-state index in [0.29, 0.717) is 17.4 Å². The van der Waals surface area contributed by atoms with Gasteiger partial charge in [-0.25, -0.2) is 8.42 Å². The van der Waals surface area contributed by atoms with Gasteiger partial charge in [0, 0.05) is 17.1 Å². The normalized spacial score (nSPS) is 23.7. The third-order valence-electron chi connectivity index (χ3n) is 3.81. The van der Waals surface area contributed by atoms with E-state index in [9.17, 15) is 8.42 Å². The molecule has 0 saturated carbocycles. The Hall–Kier alpha value is -0.390. The molecule has 0 N–H and O–H groups in total. The van der Waals surface area contributed by atoms with Gasteiger partial charge in [-0.2, -0.15) is 0 Å². The van der Waals surface area contributed by atoms with Crippen molar-refractivity contribution < 1.29 is 8.42 Å². The van der Waals surface area contributed by atoms with Crippen LogP contribution in [-0.4, -0.2) is 44.5 Å². The maximum absolute atomic E-state index is 11.5. The zero-order chi connectivity index (χ0) is 14.0. The SMILES string of the molecule is C[C@@H](CN(C)[C@@H]1CCS(=O)(=O)C1)c1cccc(Br)c1. The van der Waals surface area contributed by atoms with Gasteiger partial charge in [-0.1, -0.05) is 35.0 Å². The maximum atomic E-state index is 11.5. The van der Waals surface area contributed by atoms with E-state index in [0.717, 1.165) is 17.4 Å². The minimum Gasteiger partial charge on any atom is -0.302 e. The molecule has 0 amide bonds. The van der Waals surface area contributed by atoms with Crippen LogP contribution in [0.5, 0.6) is 0 Å². The highest BCUT2D eigenvalue weighted by Crippen LogP contribution is 2.23. The minimum atomic E-state index is -2.80. The summed E-state index contributed by atoms with van der Waals surface area (Å²) in [5.74, 6) is 1.05. The van der Waals surface area contributed by atoms with Crippen molar-refractivity contribution in [1.29, 1.82) is 0 Å². The summed E-state index contributed by atoms with van der Waals surface area (Å²) in [6, 6.07) is 8.48. The van der Waals surface area contributed by atoms with Crippen molar-refractivity contribution in [3.8, 4) is 0 Å². The van der Waals surface area contributed by atoms with Gasteiger partial charge in [0.2, 0.25) is 0 Å². The third kappa shape index (κ3) is 4.04. The van der Waals surface area contributed by atoms with E-state index < -0.39 is 9.84 Å². The van der Waals surface area contributed by atoms with Crippen LogP contribution in [0.25, 0.3) is 0 Å². The molecule has 19 heavy (non-hydrogen) atoms. The first-order valence-electron chi connectivity index (χ1n) is 6.53. The van der Waals surface area contributed by atoms with Gasteiger partial charge in [-0.15, -0.1) is 0 Å². The van der Waals surface area contributed by atoms with Gasteiger partial charge < -0.3 is 4.90 Å². The lowest BCUT2D eigenvalue weighted by Crippen LogP contribution is -2.35. The second-order valence-electron chi connectivity index (χ2n) is 5.45. The summed E-state index contributed by atoms with van der Waals surface area (Å²) in [5, 5.41) is 0. The molecule has 2 atom stereocenters. The van der Waals surface area contributed by atoms with Crippen LogP contribution in [-0.2, 0) is 9.84 Å². The van der Waals surface area contributed by atoms with Gasteiger partial charge in [0.05, 0.1) is 11.5 Å². The number of halogens is 1. The zero-order valence-corrected chi connectivity index (χ0v) is 13.7. The second kappa shape index (κ2) is 5.94. The fourth-order valence-corrected chi connectivity index (χ4v) is 4.84. The lowest BCUT2D eigenvalue weighted by molar-refractivity contribution is 0.250. The highest BCUT2D eigenvalue weighted by Gasteiger charge is 2.31. The Morgan fingerprint density at radius 3 is 2.79 bits per heavy atom. The molecule has 1 aliphatic heterocycles. The summed E-state index contributed by atoms with van der Waals surface area (Å²) >= 11 is 3.48. The fourth-order valence-electron chi connectivity index (χ4n) is 2.62. The van der Waals surface area contributed by atoms with E-state index in [1.165, 1.54) is 5.56 Å². The predicted molar refractivity (Wildman–Crippen MR) is 82.2 cm³/mol. The molecule has 106 valence electrons. The van der Waals surface area contributed by atoms with Crippen LogP contribution in [0.4, 0.5) is 0 Å². The third-order valence-corrected chi connectivity index (χ3v) is 6.05. The van der Waals surface area contributed by atoms with Gasteiger partial charge in [0.1, 0.15) is 0 Å². The van der Waals surface area contributed by atoms with Crippen LogP contribution in [0.1, 0.15) is 24.8 Å². The molecule has 0 radical (unpaired) electrons. The van der Waals surface area contributed by atoms with Crippen LogP contribution < -0.4 is 0 Å². The van der Waals surface area contributed by atoms with Gasteiger partial charge >= 0.3 is 0 Å². The summed E-state index contributed by atoms with van der Waals surface area (Å²) in [5.41, 5.74) is 1.28. The highest BCUT2D eigenvalue weighted by atomic mass is 79.9. The van der Waals surface area contributed by atoms with E-state index in [-0.39, 0.29) is 6.04 Å². The van der Waals surface area contributed by atoms with E-state index in [1.54, 1.807) is 0 Å². The van der Waals surface area contributed by atoms with Crippen LogP contribution in [0.15, 0.2) is 28.7 Å². The van der Waals surface area contributed by atoms with Crippen molar-refractivity contribution >= 4 is 25.8 Å². The molecule has 1 fully saturated rings. The Morgan fingerprint density at radius 1 is 1.47 bits per heavy atom. The molecule has 1 aliphatic rings. The largest absolute Gasteiger partial charge is 0.302 e.